The summed E-state index contributed by atoms with van der Waals surface area (Å²) < 4.78 is 5.30. The molecule has 0 N–H and O–H groups in total. The molecule has 1 aliphatic heterocycles. The lowest BCUT2D eigenvalue weighted by Gasteiger charge is -2.27. The van der Waals surface area contributed by atoms with E-state index in [0.717, 1.165) is 43.5 Å². The highest BCUT2D eigenvalue weighted by molar-refractivity contribution is 5.59. The Hall–Kier alpha value is -1.68. The lowest BCUT2D eigenvalue weighted by atomic mass is 10.3. The molecule has 1 aromatic rings. The van der Waals surface area contributed by atoms with Gasteiger partial charge in [0.25, 0.3) is 0 Å². The summed E-state index contributed by atoms with van der Waals surface area (Å²) in [5.74, 6) is 0.879. The van der Waals surface area contributed by atoms with Crippen molar-refractivity contribution in [3.05, 3.63) is 30.7 Å². The summed E-state index contributed by atoms with van der Waals surface area (Å²) in [6.07, 6.45) is 5.16. The molecule has 0 saturated carbocycles. The number of rotatable bonds is 3. The van der Waals surface area contributed by atoms with Gasteiger partial charge in [0, 0.05) is 13.1 Å². The molecule has 0 radical (unpaired) electrons. The second-order valence-corrected chi connectivity index (χ2v) is 3.51. The van der Waals surface area contributed by atoms with Crippen LogP contribution in [0.2, 0.25) is 0 Å². The zero-order valence-electron chi connectivity index (χ0n) is 9.22. The third kappa shape index (κ3) is 2.12. The highest BCUT2D eigenvalue weighted by Crippen LogP contribution is 2.15. The van der Waals surface area contributed by atoms with Gasteiger partial charge in [-0.2, -0.15) is 0 Å². The van der Waals surface area contributed by atoms with Crippen LogP contribution in [0.3, 0.4) is 0 Å². The molecule has 0 bridgehead atoms. The van der Waals surface area contributed by atoms with Gasteiger partial charge in [0.05, 0.1) is 30.8 Å². The van der Waals surface area contributed by atoms with Crippen LogP contribution in [-0.4, -0.2) is 36.3 Å². The van der Waals surface area contributed by atoms with Gasteiger partial charge in [-0.3, -0.25) is 4.98 Å². The first-order chi connectivity index (χ1) is 7.85. The van der Waals surface area contributed by atoms with Crippen LogP contribution < -0.4 is 4.90 Å². The molecule has 0 unspecified atom stereocenters. The van der Waals surface area contributed by atoms with Crippen LogP contribution >= 0.6 is 0 Å². The van der Waals surface area contributed by atoms with E-state index >= 15 is 0 Å². The fraction of sp³-hybridized carbons (Fsp3) is 0.333. The van der Waals surface area contributed by atoms with Gasteiger partial charge in [-0.25, -0.2) is 4.98 Å². The van der Waals surface area contributed by atoms with Crippen molar-refractivity contribution in [2.75, 3.05) is 31.2 Å². The standard InChI is InChI=1S/C12H15N3O/c1-3-10-11(4-2)14-12(9-13-10)15-5-7-16-8-6-15/h3-4,9H,1-2,5-8H2. The van der Waals surface area contributed by atoms with Crippen LogP contribution in [-0.2, 0) is 4.74 Å². The highest BCUT2D eigenvalue weighted by atomic mass is 16.5. The molecule has 2 heterocycles. The molecule has 84 valence electrons. The smallest absolute Gasteiger partial charge is 0.148 e. The fourth-order valence-corrected chi connectivity index (χ4v) is 1.66. The minimum Gasteiger partial charge on any atom is -0.378 e. The number of hydrogen-bond acceptors (Lipinski definition) is 4. The van der Waals surface area contributed by atoms with Crippen LogP contribution in [0.25, 0.3) is 12.2 Å². The molecular formula is C12H15N3O. The average Bonchev–Trinajstić information content (AvgIpc) is 2.39. The number of hydrogen-bond donors (Lipinski definition) is 0. The van der Waals surface area contributed by atoms with Gasteiger partial charge in [0.15, 0.2) is 0 Å². The maximum Gasteiger partial charge on any atom is 0.148 e. The summed E-state index contributed by atoms with van der Waals surface area (Å²) in [4.78, 5) is 11.0. The fourth-order valence-electron chi connectivity index (χ4n) is 1.66. The number of anilines is 1. The van der Waals surface area contributed by atoms with Crippen LogP contribution in [0.4, 0.5) is 5.82 Å². The van der Waals surface area contributed by atoms with Crippen LogP contribution in [0, 0.1) is 0 Å². The molecular weight excluding hydrogens is 202 g/mol. The normalized spacial score (nSPS) is 15.9. The predicted molar refractivity (Wildman–Crippen MR) is 65.2 cm³/mol. The quantitative estimate of drug-likeness (QED) is 0.770. The molecule has 0 atom stereocenters. The highest BCUT2D eigenvalue weighted by Gasteiger charge is 2.13. The minimum absolute atomic E-state index is 0.744. The van der Waals surface area contributed by atoms with Crippen molar-refractivity contribution in [1.29, 1.82) is 0 Å². The summed E-state index contributed by atoms with van der Waals surface area (Å²) in [6.45, 7) is 10.6. The largest absolute Gasteiger partial charge is 0.378 e. The Kier molecular flexibility index (Phi) is 3.31. The molecule has 1 aliphatic rings. The van der Waals surface area contributed by atoms with Crippen molar-refractivity contribution in [3.63, 3.8) is 0 Å². The Morgan fingerprint density at radius 1 is 1.19 bits per heavy atom. The summed E-state index contributed by atoms with van der Waals surface area (Å²) in [7, 11) is 0. The number of aromatic nitrogens is 2. The van der Waals surface area contributed by atoms with E-state index in [2.05, 4.69) is 28.0 Å². The van der Waals surface area contributed by atoms with E-state index in [9.17, 15) is 0 Å². The van der Waals surface area contributed by atoms with Gasteiger partial charge in [0.2, 0.25) is 0 Å². The summed E-state index contributed by atoms with van der Waals surface area (Å²) in [6, 6.07) is 0. The maximum atomic E-state index is 5.30. The first-order valence-electron chi connectivity index (χ1n) is 5.29. The molecule has 16 heavy (non-hydrogen) atoms. The van der Waals surface area contributed by atoms with E-state index in [1.54, 1.807) is 18.3 Å². The number of ether oxygens (including phenoxy) is 1. The molecule has 4 nitrogen and oxygen atoms in total. The zero-order chi connectivity index (χ0) is 11.4. The summed E-state index contributed by atoms with van der Waals surface area (Å²) in [5, 5.41) is 0. The van der Waals surface area contributed by atoms with Gasteiger partial charge in [-0.1, -0.05) is 13.2 Å². The maximum absolute atomic E-state index is 5.30. The molecule has 4 heteroatoms. The van der Waals surface area contributed by atoms with Crippen molar-refractivity contribution in [2.24, 2.45) is 0 Å². The molecule has 0 amide bonds. The third-order valence-corrected chi connectivity index (χ3v) is 2.54. The molecule has 1 saturated heterocycles. The second kappa shape index (κ2) is 4.90. The lowest BCUT2D eigenvalue weighted by molar-refractivity contribution is 0.122. The number of nitrogens with zero attached hydrogens (tertiary/aromatic N) is 3. The molecule has 1 aromatic heterocycles. The van der Waals surface area contributed by atoms with Crippen LogP contribution in [0.15, 0.2) is 19.4 Å². The monoisotopic (exact) mass is 217 g/mol. The van der Waals surface area contributed by atoms with Crippen LogP contribution in [0.1, 0.15) is 11.4 Å². The van der Waals surface area contributed by atoms with E-state index in [-0.39, 0.29) is 0 Å². The van der Waals surface area contributed by atoms with Gasteiger partial charge in [-0.15, -0.1) is 0 Å². The van der Waals surface area contributed by atoms with E-state index in [0.29, 0.717) is 0 Å². The summed E-state index contributed by atoms with van der Waals surface area (Å²) >= 11 is 0. The molecule has 0 spiro atoms. The first kappa shape index (κ1) is 10.8. The first-order valence-corrected chi connectivity index (χ1v) is 5.29. The van der Waals surface area contributed by atoms with E-state index in [1.807, 2.05) is 0 Å². The van der Waals surface area contributed by atoms with Gasteiger partial charge >= 0.3 is 0 Å². The van der Waals surface area contributed by atoms with Crippen molar-refractivity contribution in [3.8, 4) is 0 Å². The topological polar surface area (TPSA) is 38.2 Å². The second-order valence-electron chi connectivity index (χ2n) is 3.51. The molecule has 0 aromatic carbocycles. The summed E-state index contributed by atoms with van der Waals surface area (Å²) in [5.41, 5.74) is 1.55. The Balaban J connectivity index is 2.27. The van der Waals surface area contributed by atoms with Crippen molar-refractivity contribution >= 4 is 18.0 Å². The van der Waals surface area contributed by atoms with Crippen molar-refractivity contribution in [2.45, 2.75) is 0 Å². The average molecular weight is 217 g/mol. The van der Waals surface area contributed by atoms with E-state index in [1.165, 1.54) is 0 Å². The Morgan fingerprint density at radius 3 is 2.50 bits per heavy atom. The van der Waals surface area contributed by atoms with Gasteiger partial charge in [-0.05, 0) is 12.2 Å². The molecule has 0 aliphatic carbocycles. The Bertz CT molecular complexity index is 397. The minimum atomic E-state index is 0.744. The Labute approximate surface area is 95.3 Å². The zero-order valence-corrected chi connectivity index (χ0v) is 9.22. The lowest BCUT2D eigenvalue weighted by Crippen LogP contribution is -2.36. The number of morpholine rings is 1. The van der Waals surface area contributed by atoms with Crippen molar-refractivity contribution in [1.82, 2.24) is 9.97 Å². The van der Waals surface area contributed by atoms with E-state index in [4.69, 9.17) is 4.74 Å². The van der Waals surface area contributed by atoms with Crippen LogP contribution in [0.5, 0.6) is 0 Å². The Morgan fingerprint density at radius 2 is 1.88 bits per heavy atom. The molecule has 1 fully saturated rings. The van der Waals surface area contributed by atoms with Gasteiger partial charge < -0.3 is 9.64 Å². The SMILES string of the molecule is C=Cc1ncc(N2CCOCC2)nc1C=C. The van der Waals surface area contributed by atoms with Gasteiger partial charge in [0.1, 0.15) is 5.82 Å². The third-order valence-electron chi connectivity index (χ3n) is 2.54. The van der Waals surface area contributed by atoms with Crippen molar-refractivity contribution < 1.29 is 4.74 Å². The van der Waals surface area contributed by atoms with E-state index < -0.39 is 0 Å². The molecule has 2 rings (SSSR count). The predicted octanol–water partition coefficient (Wildman–Crippen LogP) is 1.60.